The highest BCUT2D eigenvalue weighted by molar-refractivity contribution is 9.10. The fraction of sp³-hybridized carbons (Fsp3) is 0.133. The van der Waals surface area contributed by atoms with Gasteiger partial charge in [0.2, 0.25) is 0 Å². The second-order valence-corrected chi connectivity index (χ2v) is 4.87. The lowest BCUT2D eigenvalue weighted by atomic mass is 10.0. The molecule has 0 N–H and O–H groups in total. The van der Waals surface area contributed by atoms with E-state index in [0.717, 1.165) is 21.3 Å². The molecule has 0 spiro atoms. The van der Waals surface area contributed by atoms with Crippen molar-refractivity contribution in [1.29, 1.82) is 0 Å². The first-order valence-corrected chi connectivity index (χ1v) is 6.40. The molecule has 2 aromatic carbocycles. The molecular formula is C15H13BrO2. The molecule has 0 aromatic heterocycles. The van der Waals surface area contributed by atoms with E-state index in [1.54, 1.807) is 7.11 Å². The number of ketones is 1. The van der Waals surface area contributed by atoms with Gasteiger partial charge in [0.25, 0.3) is 0 Å². The third kappa shape index (κ3) is 3.20. The highest BCUT2D eigenvalue weighted by Gasteiger charge is 2.07. The molecule has 0 radical (unpaired) electrons. The molecule has 2 nitrogen and oxygen atoms in total. The van der Waals surface area contributed by atoms with Crippen molar-refractivity contribution in [2.45, 2.75) is 6.42 Å². The van der Waals surface area contributed by atoms with Gasteiger partial charge < -0.3 is 4.74 Å². The van der Waals surface area contributed by atoms with Gasteiger partial charge in [-0.15, -0.1) is 0 Å². The lowest BCUT2D eigenvalue weighted by Gasteiger charge is -2.04. The maximum atomic E-state index is 12.1. The van der Waals surface area contributed by atoms with Crippen LogP contribution in [0.15, 0.2) is 53.0 Å². The maximum absolute atomic E-state index is 12.1. The van der Waals surface area contributed by atoms with Crippen molar-refractivity contribution in [1.82, 2.24) is 0 Å². The van der Waals surface area contributed by atoms with E-state index in [1.165, 1.54) is 0 Å². The minimum atomic E-state index is 0.112. The molecule has 0 bridgehead atoms. The molecule has 0 atom stereocenters. The molecule has 2 aromatic rings. The SMILES string of the molecule is COc1ccc(CC(=O)c2cccc(Br)c2)cc1. The monoisotopic (exact) mass is 304 g/mol. The van der Waals surface area contributed by atoms with Crippen LogP contribution in [0.5, 0.6) is 5.75 Å². The van der Waals surface area contributed by atoms with Crippen LogP contribution in [0.25, 0.3) is 0 Å². The van der Waals surface area contributed by atoms with Gasteiger partial charge in [0.05, 0.1) is 7.11 Å². The Morgan fingerprint density at radius 2 is 1.89 bits per heavy atom. The molecule has 0 aliphatic carbocycles. The van der Waals surface area contributed by atoms with Crippen LogP contribution >= 0.6 is 15.9 Å². The summed E-state index contributed by atoms with van der Waals surface area (Å²) in [6.07, 6.45) is 0.403. The van der Waals surface area contributed by atoms with E-state index < -0.39 is 0 Å². The number of methoxy groups -OCH3 is 1. The van der Waals surface area contributed by atoms with E-state index in [-0.39, 0.29) is 5.78 Å². The average molecular weight is 305 g/mol. The Kier molecular flexibility index (Phi) is 4.15. The molecule has 0 heterocycles. The van der Waals surface area contributed by atoms with E-state index in [2.05, 4.69) is 15.9 Å². The quantitative estimate of drug-likeness (QED) is 0.801. The Hall–Kier alpha value is -1.61. The first-order chi connectivity index (χ1) is 8.69. The van der Waals surface area contributed by atoms with Gasteiger partial charge in [-0.1, -0.05) is 40.2 Å². The van der Waals surface area contributed by atoms with Crippen LogP contribution in [-0.4, -0.2) is 12.9 Å². The number of carbonyl (C=O) groups excluding carboxylic acids is 1. The predicted molar refractivity (Wildman–Crippen MR) is 75.2 cm³/mol. The Bertz CT molecular complexity index is 547. The molecule has 0 saturated carbocycles. The van der Waals surface area contributed by atoms with Crippen molar-refractivity contribution in [3.8, 4) is 5.75 Å². The van der Waals surface area contributed by atoms with Crippen LogP contribution < -0.4 is 4.74 Å². The molecule has 3 heteroatoms. The van der Waals surface area contributed by atoms with E-state index in [9.17, 15) is 4.79 Å². The number of carbonyl (C=O) groups is 1. The van der Waals surface area contributed by atoms with Crippen LogP contribution in [0.1, 0.15) is 15.9 Å². The number of hydrogen-bond donors (Lipinski definition) is 0. The summed E-state index contributed by atoms with van der Waals surface area (Å²) in [6.45, 7) is 0. The second kappa shape index (κ2) is 5.83. The number of rotatable bonds is 4. The van der Waals surface area contributed by atoms with Crippen LogP contribution in [0.3, 0.4) is 0 Å². The molecule has 0 amide bonds. The zero-order valence-electron chi connectivity index (χ0n) is 10.0. The zero-order valence-corrected chi connectivity index (χ0v) is 11.6. The summed E-state index contributed by atoms with van der Waals surface area (Å²) < 4.78 is 6.00. The summed E-state index contributed by atoms with van der Waals surface area (Å²) in [7, 11) is 1.63. The molecule has 92 valence electrons. The lowest BCUT2D eigenvalue weighted by Crippen LogP contribution is -2.03. The van der Waals surface area contributed by atoms with Crippen molar-refractivity contribution in [2.24, 2.45) is 0 Å². The minimum Gasteiger partial charge on any atom is -0.497 e. The minimum absolute atomic E-state index is 0.112. The van der Waals surface area contributed by atoms with Crippen LogP contribution in [0.2, 0.25) is 0 Å². The van der Waals surface area contributed by atoms with Crippen LogP contribution in [-0.2, 0) is 6.42 Å². The van der Waals surface area contributed by atoms with Gasteiger partial charge in [-0.3, -0.25) is 4.79 Å². The van der Waals surface area contributed by atoms with Gasteiger partial charge in [0.15, 0.2) is 5.78 Å². The van der Waals surface area contributed by atoms with Gasteiger partial charge in [0.1, 0.15) is 5.75 Å². The van der Waals surface area contributed by atoms with Crippen molar-refractivity contribution >= 4 is 21.7 Å². The smallest absolute Gasteiger partial charge is 0.167 e. The number of hydrogen-bond acceptors (Lipinski definition) is 2. The average Bonchev–Trinajstić information content (AvgIpc) is 2.39. The van der Waals surface area contributed by atoms with E-state index in [1.807, 2.05) is 48.5 Å². The summed E-state index contributed by atoms with van der Waals surface area (Å²) in [6, 6.07) is 15.0. The number of benzene rings is 2. The van der Waals surface area contributed by atoms with Crippen molar-refractivity contribution in [3.05, 3.63) is 64.1 Å². The fourth-order valence-electron chi connectivity index (χ4n) is 1.69. The summed E-state index contributed by atoms with van der Waals surface area (Å²) >= 11 is 3.37. The normalized spacial score (nSPS) is 10.1. The highest BCUT2D eigenvalue weighted by atomic mass is 79.9. The zero-order chi connectivity index (χ0) is 13.0. The summed E-state index contributed by atoms with van der Waals surface area (Å²) in [5.41, 5.74) is 1.71. The Morgan fingerprint density at radius 1 is 1.17 bits per heavy atom. The number of Topliss-reactive ketones (excluding diaryl/α,β-unsaturated/α-hetero) is 1. The van der Waals surface area contributed by atoms with Gasteiger partial charge >= 0.3 is 0 Å². The Labute approximate surface area is 115 Å². The molecule has 0 fully saturated rings. The first kappa shape index (κ1) is 12.8. The summed E-state index contributed by atoms with van der Waals surface area (Å²) in [5, 5.41) is 0. The van der Waals surface area contributed by atoms with Gasteiger partial charge in [0, 0.05) is 16.5 Å². The largest absolute Gasteiger partial charge is 0.497 e. The van der Waals surface area contributed by atoms with Gasteiger partial charge in [-0.05, 0) is 29.8 Å². The molecule has 0 saturated heterocycles. The van der Waals surface area contributed by atoms with E-state index in [4.69, 9.17) is 4.74 Å². The highest BCUT2D eigenvalue weighted by Crippen LogP contribution is 2.16. The topological polar surface area (TPSA) is 26.3 Å². The van der Waals surface area contributed by atoms with Gasteiger partial charge in [-0.2, -0.15) is 0 Å². The Balaban J connectivity index is 2.11. The first-order valence-electron chi connectivity index (χ1n) is 5.61. The van der Waals surface area contributed by atoms with E-state index >= 15 is 0 Å². The summed E-state index contributed by atoms with van der Waals surface area (Å²) in [5.74, 6) is 0.912. The molecule has 0 unspecified atom stereocenters. The second-order valence-electron chi connectivity index (χ2n) is 3.96. The number of ether oxygens (including phenoxy) is 1. The van der Waals surface area contributed by atoms with Crippen LogP contribution in [0.4, 0.5) is 0 Å². The third-order valence-electron chi connectivity index (χ3n) is 2.67. The fourth-order valence-corrected chi connectivity index (χ4v) is 2.09. The number of halogens is 1. The lowest BCUT2D eigenvalue weighted by molar-refractivity contribution is 0.0993. The molecular weight excluding hydrogens is 292 g/mol. The predicted octanol–water partition coefficient (Wildman–Crippen LogP) is 3.88. The van der Waals surface area contributed by atoms with Crippen molar-refractivity contribution in [2.75, 3.05) is 7.11 Å². The molecule has 2 rings (SSSR count). The van der Waals surface area contributed by atoms with Gasteiger partial charge in [-0.25, -0.2) is 0 Å². The van der Waals surface area contributed by atoms with Crippen molar-refractivity contribution < 1.29 is 9.53 Å². The van der Waals surface area contributed by atoms with E-state index in [0.29, 0.717) is 6.42 Å². The molecule has 18 heavy (non-hydrogen) atoms. The Morgan fingerprint density at radius 3 is 2.50 bits per heavy atom. The molecule has 0 aliphatic rings. The van der Waals surface area contributed by atoms with Crippen molar-refractivity contribution in [3.63, 3.8) is 0 Å². The standard InChI is InChI=1S/C15H13BrO2/c1-18-14-7-5-11(6-8-14)9-15(17)12-3-2-4-13(16)10-12/h2-8,10H,9H2,1H3. The third-order valence-corrected chi connectivity index (χ3v) is 3.16. The summed E-state index contributed by atoms with van der Waals surface area (Å²) in [4.78, 5) is 12.1. The maximum Gasteiger partial charge on any atom is 0.167 e. The molecule has 0 aliphatic heterocycles. The van der Waals surface area contributed by atoms with Crippen LogP contribution in [0, 0.1) is 0 Å².